The largest absolute Gasteiger partial charge is 0.364 e. The van der Waals surface area contributed by atoms with Crippen molar-refractivity contribution in [2.24, 2.45) is 5.92 Å². The third-order valence-electron chi connectivity index (χ3n) is 6.58. The summed E-state index contributed by atoms with van der Waals surface area (Å²) < 4.78 is 0. The molecule has 3 heteroatoms. The second kappa shape index (κ2) is 8.72. The van der Waals surface area contributed by atoms with Gasteiger partial charge in [0.2, 0.25) is 0 Å². The smallest absolute Gasteiger partial charge is 0.139 e. The summed E-state index contributed by atoms with van der Waals surface area (Å²) in [4.78, 5) is 13.1. The Morgan fingerprint density at radius 1 is 1.03 bits per heavy atom. The van der Waals surface area contributed by atoms with Gasteiger partial charge in [0, 0.05) is 36.0 Å². The van der Waals surface area contributed by atoms with Crippen LogP contribution < -0.4 is 15.8 Å². The fourth-order valence-electron chi connectivity index (χ4n) is 5.05. The van der Waals surface area contributed by atoms with Crippen LogP contribution in [0.4, 0.5) is 0 Å². The number of fused-ring (bicyclic) bond motifs is 5. The molecule has 0 fully saturated rings. The van der Waals surface area contributed by atoms with Crippen LogP contribution in [0.2, 0.25) is 0 Å². The number of hydrogen-bond acceptors (Lipinski definition) is 2. The van der Waals surface area contributed by atoms with Crippen molar-refractivity contribution in [3.63, 3.8) is 0 Å². The van der Waals surface area contributed by atoms with Gasteiger partial charge in [0.05, 0.1) is 0 Å². The van der Waals surface area contributed by atoms with Gasteiger partial charge in [-0.1, -0.05) is 60.7 Å². The zero-order chi connectivity index (χ0) is 21.2. The Bertz CT molecular complexity index is 1230. The molecule has 3 aliphatic rings. The maximum atomic E-state index is 13.1. The Kier molecular flexibility index (Phi) is 5.65. The maximum Gasteiger partial charge on any atom is 0.139 e. The van der Waals surface area contributed by atoms with E-state index in [2.05, 4.69) is 66.0 Å². The number of carbonyl (C=O) groups is 1. The van der Waals surface area contributed by atoms with Crippen LogP contribution in [0.1, 0.15) is 36.3 Å². The van der Waals surface area contributed by atoms with Crippen molar-refractivity contribution in [2.75, 3.05) is 5.88 Å². The Hall–Kier alpha value is -2.84. The molecule has 1 aliphatic heterocycles. The van der Waals surface area contributed by atoms with Crippen molar-refractivity contribution in [3.8, 4) is 11.1 Å². The van der Waals surface area contributed by atoms with Gasteiger partial charge in [-0.2, -0.15) is 0 Å². The fraction of sp³-hybridized carbons (Fsp3) is 0.250. The van der Waals surface area contributed by atoms with E-state index in [1.165, 1.54) is 32.7 Å². The minimum atomic E-state index is -0.0864. The predicted molar refractivity (Wildman–Crippen MR) is 129 cm³/mol. The molecule has 2 nitrogen and oxygen atoms in total. The standard InChI is InChI=1S/C28H26ClNO/c29-15-6-10-28(31)20-17-25-23-12-11-19-7-3-4-8-21(19)22(23)13-14-24(25)26(18-20)27-9-2-1-5-16-30-27/h1-5,7-9,12-14,16-17,20,26,30H,6,10-11,15,18H2. The molecule has 2 aromatic carbocycles. The summed E-state index contributed by atoms with van der Waals surface area (Å²) in [5, 5.41) is 5.96. The highest BCUT2D eigenvalue weighted by atomic mass is 35.5. The molecule has 1 N–H and O–H groups in total. The number of hydrogen-bond donors (Lipinski definition) is 1. The lowest BCUT2D eigenvalue weighted by atomic mass is 9.76. The molecule has 5 rings (SSSR count). The van der Waals surface area contributed by atoms with Crippen LogP contribution in [0.3, 0.4) is 0 Å². The molecule has 0 saturated carbocycles. The van der Waals surface area contributed by atoms with E-state index in [0.29, 0.717) is 18.1 Å². The molecule has 2 aromatic rings. The van der Waals surface area contributed by atoms with Crippen molar-refractivity contribution < 1.29 is 4.79 Å². The minimum absolute atomic E-state index is 0.0864. The quantitative estimate of drug-likeness (QED) is 0.699. The van der Waals surface area contributed by atoms with E-state index >= 15 is 0 Å². The van der Waals surface area contributed by atoms with Crippen molar-refractivity contribution in [2.45, 2.75) is 31.6 Å². The molecule has 31 heavy (non-hydrogen) atoms. The van der Waals surface area contributed by atoms with Crippen molar-refractivity contribution >= 4 is 29.5 Å². The van der Waals surface area contributed by atoms with Crippen LogP contribution in [-0.4, -0.2) is 11.7 Å². The van der Waals surface area contributed by atoms with E-state index in [4.69, 9.17) is 11.6 Å². The lowest BCUT2D eigenvalue weighted by molar-refractivity contribution is -0.121. The fourth-order valence-corrected chi connectivity index (χ4v) is 5.19. The van der Waals surface area contributed by atoms with Crippen molar-refractivity contribution in [1.29, 1.82) is 0 Å². The molecular formula is C28H26ClNO. The maximum absolute atomic E-state index is 13.1. The van der Waals surface area contributed by atoms with Gasteiger partial charge in [-0.3, -0.25) is 4.79 Å². The summed E-state index contributed by atoms with van der Waals surface area (Å²) in [5.41, 5.74) is 6.39. The van der Waals surface area contributed by atoms with Crippen LogP contribution in [0, 0.1) is 5.92 Å². The van der Waals surface area contributed by atoms with Gasteiger partial charge >= 0.3 is 0 Å². The number of rotatable bonds is 5. The molecule has 0 saturated heterocycles. The number of carbonyl (C=O) groups excluding carboxylic acids is 1. The molecule has 2 atom stereocenters. The van der Waals surface area contributed by atoms with Crippen LogP contribution in [-0.2, 0) is 11.2 Å². The zero-order valence-corrected chi connectivity index (χ0v) is 18.2. The van der Waals surface area contributed by atoms with Gasteiger partial charge in [-0.25, -0.2) is 0 Å². The molecule has 0 radical (unpaired) electrons. The molecule has 0 amide bonds. The third kappa shape index (κ3) is 3.81. The van der Waals surface area contributed by atoms with Crippen LogP contribution in [0.25, 0.3) is 23.3 Å². The highest BCUT2D eigenvalue weighted by molar-refractivity contribution is 6.18. The summed E-state index contributed by atoms with van der Waals surface area (Å²) in [6.07, 6.45) is 17.8. The van der Waals surface area contributed by atoms with Gasteiger partial charge in [0.25, 0.3) is 0 Å². The molecule has 2 aliphatic carbocycles. The number of ketones is 1. The van der Waals surface area contributed by atoms with Crippen LogP contribution in [0.5, 0.6) is 0 Å². The zero-order valence-electron chi connectivity index (χ0n) is 17.5. The molecule has 1 heterocycles. The Morgan fingerprint density at radius 2 is 1.94 bits per heavy atom. The minimum Gasteiger partial charge on any atom is -0.364 e. The number of benzene rings is 2. The first-order valence-electron chi connectivity index (χ1n) is 11.1. The number of halogens is 1. The van der Waals surface area contributed by atoms with Crippen LogP contribution >= 0.6 is 11.6 Å². The average molecular weight is 428 g/mol. The Morgan fingerprint density at radius 3 is 2.84 bits per heavy atom. The molecule has 156 valence electrons. The van der Waals surface area contributed by atoms with E-state index in [1.807, 2.05) is 18.4 Å². The lowest BCUT2D eigenvalue weighted by Crippen LogP contribution is -2.39. The average Bonchev–Trinajstić information content (AvgIpc) is 3.11. The molecule has 2 unspecified atom stereocenters. The van der Waals surface area contributed by atoms with Gasteiger partial charge in [-0.05, 0) is 64.1 Å². The number of allylic oxidation sites excluding steroid dienone is 5. The summed E-state index contributed by atoms with van der Waals surface area (Å²) in [7, 11) is 0. The van der Waals surface area contributed by atoms with Crippen LogP contribution in [0.15, 0.2) is 72.6 Å². The van der Waals surface area contributed by atoms with Crippen molar-refractivity contribution in [1.82, 2.24) is 5.32 Å². The molecular weight excluding hydrogens is 402 g/mol. The number of alkyl halides is 1. The summed E-state index contributed by atoms with van der Waals surface area (Å²) >= 11 is 5.88. The van der Waals surface area contributed by atoms with Crippen molar-refractivity contribution in [3.05, 3.63) is 94.2 Å². The Labute approximate surface area is 188 Å². The Balaban J connectivity index is 1.67. The number of nitrogens with one attached hydrogen (secondary N) is 1. The topological polar surface area (TPSA) is 29.1 Å². The summed E-state index contributed by atoms with van der Waals surface area (Å²) in [5.74, 6) is 0.899. The van der Waals surface area contributed by atoms with Gasteiger partial charge in [-0.15, -0.1) is 11.6 Å². The van der Waals surface area contributed by atoms with E-state index in [-0.39, 0.29) is 11.8 Å². The number of Topliss-reactive ketones (excluding diaryl/α,β-unsaturated/α-hetero) is 1. The first-order valence-corrected chi connectivity index (χ1v) is 11.6. The SMILES string of the molecule is O=C(CCCCl)C1C=c2c(ccc3c2=CCc2ccccc2-3)C(C2=CC=CC=CN2)C1. The second-order valence-corrected chi connectivity index (χ2v) is 8.80. The third-order valence-corrected chi connectivity index (χ3v) is 6.84. The van der Waals surface area contributed by atoms with Gasteiger partial charge in [0.1, 0.15) is 5.78 Å². The first kappa shape index (κ1) is 20.1. The lowest BCUT2D eigenvalue weighted by Gasteiger charge is -2.30. The first-order chi connectivity index (χ1) is 15.3. The summed E-state index contributed by atoms with van der Waals surface area (Å²) in [6, 6.07) is 13.2. The van der Waals surface area contributed by atoms with E-state index in [1.54, 1.807) is 0 Å². The highest BCUT2D eigenvalue weighted by Crippen LogP contribution is 2.34. The predicted octanol–water partition coefficient (Wildman–Crippen LogP) is 4.72. The molecule has 0 aromatic heterocycles. The normalized spacial score (nSPS) is 20.7. The molecule has 0 bridgehead atoms. The van der Waals surface area contributed by atoms with E-state index in [9.17, 15) is 4.79 Å². The highest BCUT2D eigenvalue weighted by Gasteiger charge is 2.30. The second-order valence-electron chi connectivity index (χ2n) is 8.43. The molecule has 0 spiro atoms. The summed E-state index contributed by atoms with van der Waals surface area (Å²) in [6.45, 7) is 0. The monoisotopic (exact) mass is 427 g/mol. The van der Waals surface area contributed by atoms with Gasteiger partial charge in [0.15, 0.2) is 0 Å². The van der Waals surface area contributed by atoms with E-state index < -0.39 is 0 Å². The van der Waals surface area contributed by atoms with Gasteiger partial charge < -0.3 is 5.32 Å². The van der Waals surface area contributed by atoms with E-state index in [0.717, 1.165) is 25.0 Å².